The van der Waals surface area contributed by atoms with E-state index < -0.39 is 0 Å². The van der Waals surface area contributed by atoms with Gasteiger partial charge in [-0.2, -0.15) is 0 Å². The highest BCUT2D eigenvalue weighted by molar-refractivity contribution is 6.33. The standard InChI is InChI=1S/C19H25ClN4O2/c1-5-24(6-2)17(14-8-7-9-15(10-14)26-4)12-22-19(25)18-16(20)11-21-13(3)23-18/h7-11,17H,5-6,12H2,1-4H3,(H,22,25). The van der Waals surface area contributed by atoms with Crippen LogP contribution in [0.4, 0.5) is 0 Å². The molecule has 1 heterocycles. The van der Waals surface area contributed by atoms with Gasteiger partial charge in [0.15, 0.2) is 0 Å². The average molecular weight is 377 g/mol. The molecule has 0 aliphatic heterocycles. The Hall–Kier alpha value is -2.18. The van der Waals surface area contributed by atoms with Gasteiger partial charge in [-0.1, -0.05) is 37.6 Å². The largest absolute Gasteiger partial charge is 0.497 e. The maximum Gasteiger partial charge on any atom is 0.271 e. The van der Waals surface area contributed by atoms with Crippen molar-refractivity contribution >= 4 is 17.5 Å². The molecule has 7 heteroatoms. The highest BCUT2D eigenvalue weighted by Crippen LogP contribution is 2.24. The molecule has 0 fully saturated rings. The van der Waals surface area contributed by atoms with Crippen molar-refractivity contribution in [1.82, 2.24) is 20.2 Å². The van der Waals surface area contributed by atoms with Crippen molar-refractivity contribution in [2.75, 3.05) is 26.7 Å². The molecular formula is C19H25ClN4O2. The van der Waals surface area contributed by atoms with E-state index in [1.54, 1.807) is 14.0 Å². The molecule has 1 aromatic heterocycles. The first-order chi connectivity index (χ1) is 12.5. The summed E-state index contributed by atoms with van der Waals surface area (Å²) in [7, 11) is 1.65. The molecule has 0 aliphatic rings. The summed E-state index contributed by atoms with van der Waals surface area (Å²) < 4.78 is 5.34. The number of hydrogen-bond donors (Lipinski definition) is 1. The van der Waals surface area contributed by atoms with Crippen LogP contribution in [0.5, 0.6) is 5.75 Å². The lowest BCUT2D eigenvalue weighted by Crippen LogP contribution is -2.38. The molecular weight excluding hydrogens is 352 g/mol. The van der Waals surface area contributed by atoms with Gasteiger partial charge in [0.05, 0.1) is 24.4 Å². The first kappa shape index (κ1) is 20.1. The Morgan fingerprint density at radius 1 is 1.35 bits per heavy atom. The van der Waals surface area contributed by atoms with Gasteiger partial charge in [-0.3, -0.25) is 9.69 Å². The number of nitrogens with one attached hydrogen (secondary N) is 1. The minimum absolute atomic E-state index is 0.0192. The summed E-state index contributed by atoms with van der Waals surface area (Å²) >= 11 is 6.07. The van der Waals surface area contributed by atoms with Crippen LogP contribution >= 0.6 is 11.6 Å². The van der Waals surface area contributed by atoms with Crippen molar-refractivity contribution in [3.63, 3.8) is 0 Å². The van der Waals surface area contributed by atoms with Gasteiger partial charge in [-0.05, 0) is 37.7 Å². The molecule has 0 spiro atoms. The zero-order chi connectivity index (χ0) is 19.1. The topological polar surface area (TPSA) is 67.4 Å². The minimum atomic E-state index is -0.305. The van der Waals surface area contributed by atoms with E-state index in [1.165, 1.54) is 6.20 Å². The van der Waals surface area contributed by atoms with E-state index in [-0.39, 0.29) is 22.7 Å². The third-order valence-corrected chi connectivity index (χ3v) is 4.54. The van der Waals surface area contributed by atoms with Crippen LogP contribution in [0.1, 0.15) is 41.8 Å². The van der Waals surface area contributed by atoms with Crippen LogP contribution in [0.3, 0.4) is 0 Å². The number of likely N-dealkylation sites (N-methyl/N-ethyl adjacent to an activating group) is 1. The Kier molecular flexibility index (Phi) is 7.36. The Balaban J connectivity index is 2.21. The third-order valence-electron chi connectivity index (χ3n) is 4.27. The number of halogens is 1. The molecule has 26 heavy (non-hydrogen) atoms. The lowest BCUT2D eigenvalue weighted by atomic mass is 10.0. The molecule has 140 valence electrons. The van der Waals surface area contributed by atoms with Crippen LogP contribution in [0, 0.1) is 6.92 Å². The van der Waals surface area contributed by atoms with Crippen molar-refractivity contribution in [3.8, 4) is 5.75 Å². The number of carbonyl (C=O) groups excluding carboxylic acids is 1. The van der Waals surface area contributed by atoms with Crippen molar-refractivity contribution in [1.29, 1.82) is 0 Å². The minimum Gasteiger partial charge on any atom is -0.497 e. The van der Waals surface area contributed by atoms with Crippen LogP contribution in [0.15, 0.2) is 30.5 Å². The van der Waals surface area contributed by atoms with E-state index >= 15 is 0 Å². The van der Waals surface area contributed by atoms with Crippen molar-refractivity contribution in [2.24, 2.45) is 0 Å². The molecule has 0 bridgehead atoms. The molecule has 1 aromatic carbocycles. The molecule has 1 atom stereocenters. The Bertz CT molecular complexity index is 750. The Morgan fingerprint density at radius 3 is 2.73 bits per heavy atom. The maximum atomic E-state index is 12.5. The Labute approximate surface area is 159 Å². The van der Waals surface area contributed by atoms with E-state index in [1.807, 2.05) is 24.3 Å². The lowest BCUT2D eigenvalue weighted by Gasteiger charge is -2.30. The molecule has 0 radical (unpaired) electrons. The zero-order valence-corrected chi connectivity index (χ0v) is 16.4. The number of methoxy groups -OCH3 is 1. The molecule has 1 N–H and O–H groups in total. The molecule has 2 aromatic rings. The highest BCUT2D eigenvalue weighted by atomic mass is 35.5. The summed E-state index contributed by atoms with van der Waals surface area (Å²) in [5, 5.41) is 3.20. The quantitative estimate of drug-likeness (QED) is 0.765. The number of benzene rings is 1. The van der Waals surface area contributed by atoms with Gasteiger partial charge in [-0.25, -0.2) is 9.97 Å². The van der Waals surface area contributed by atoms with E-state index in [0.29, 0.717) is 12.4 Å². The number of carbonyl (C=O) groups is 1. The van der Waals surface area contributed by atoms with Gasteiger partial charge in [-0.15, -0.1) is 0 Å². The summed E-state index contributed by atoms with van der Waals surface area (Å²) in [5.74, 6) is 0.994. The second-order valence-electron chi connectivity index (χ2n) is 5.84. The van der Waals surface area contributed by atoms with Gasteiger partial charge in [0.1, 0.15) is 17.3 Å². The zero-order valence-electron chi connectivity index (χ0n) is 15.6. The smallest absolute Gasteiger partial charge is 0.271 e. The van der Waals surface area contributed by atoms with Crippen LogP contribution in [-0.4, -0.2) is 47.5 Å². The number of aryl methyl sites for hydroxylation is 1. The molecule has 1 unspecified atom stereocenters. The Morgan fingerprint density at radius 2 is 2.08 bits per heavy atom. The van der Waals surface area contributed by atoms with Crippen molar-refractivity contribution in [2.45, 2.75) is 26.8 Å². The first-order valence-electron chi connectivity index (χ1n) is 8.65. The predicted molar refractivity (Wildman–Crippen MR) is 103 cm³/mol. The average Bonchev–Trinajstić information content (AvgIpc) is 2.66. The second-order valence-corrected chi connectivity index (χ2v) is 6.24. The van der Waals surface area contributed by atoms with Gasteiger partial charge < -0.3 is 10.1 Å². The molecule has 2 rings (SSSR count). The van der Waals surface area contributed by atoms with E-state index in [0.717, 1.165) is 24.4 Å². The van der Waals surface area contributed by atoms with E-state index in [9.17, 15) is 4.79 Å². The summed E-state index contributed by atoms with van der Waals surface area (Å²) in [6.07, 6.45) is 1.45. The molecule has 1 amide bonds. The summed E-state index contributed by atoms with van der Waals surface area (Å²) in [6.45, 7) is 8.09. The number of rotatable bonds is 8. The van der Waals surface area contributed by atoms with Crippen LogP contribution in [0.25, 0.3) is 0 Å². The maximum absolute atomic E-state index is 12.5. The van der Waals surface area contributed by atoms with E-state index in [4.69, 9.17) is 16.3 Å². The fourth-order valence-electron chi connectivity index (χ4n) is 2.86. The number of ether oxygens (including phenoxy) is 1. The number of nitrogens with zero attached hydrogens (tertiary/aromatic N) is 3. The fourth-order valence-corrected chi connectivity index (χ4v) is 3.04. The van der Waals surface area contributed by atoms with Crippen molar-refractivity contribution in [3.05, 3.63) is 52.6 Å². The highest BCUT2D eigenvalue weighted by Gasteiger charge is 2.21. The first-order valence-corrected chi connectivity index (χ1v) is 9.03. The SMILES string of the molecule is CCN(CC)C(CNC(=O)c1nc(C)ncc1Cl)c1cccc(OC)c1. The summed E-state index contributed by atoms with van der Waals surface area (Å²) in [6, 6.07) is 7.92. The lowest BCUT2D eigenvalue weighted by molar-refractivity contribution is 0.0929. The van der Waals surface area contributed by atoms with Gasteiger partial charge in [0, 0.05) is 6.54 Å². The van der Waals surface area contributed by atoms with Gasteiger partial charge in [0.25, 0.3) is 5.91 Å². The van der Waals surface area contributed by atoms with Gasteiger partial charge in [0.2, 0.25) is 0 Å². The fraction of sp³-hybridized carbons (Fsp3) is 0.421. The summed E-state index contributed by atoms with van der Waals surface area (Å²) in [5.41, 5.74) is 1.28. The number of aromatic nitrogens is 2. The number of amides is 1. The normalized spacial score (nSPS) is 12.1. The molecule has 6 nitrogen and oxygen atoms in total. The van der Waals surface area contributed by atoms with Crippen LogP contribution in [-0.2, 0) is 0 Å². The molecule has 0 saturated carbocycles. The van der Waals surface area contributed by atoms with E-state index in [2.05, 4.69) is 34.0 Å². The molecule has 0 aliphatic carbocycles. The summed E-state index contributed by atoms with van der Waals surface area (Å²) in [4.78, 5) is 23.0. The molecule has 0 saturated heterocycles. The second kappa shape index (κ2) is 9.50. The van der Waals surface area contributed by atoms with Crippen LogP contribution < -0.4 is 10.1 Å². The number of hydrogen-bond acceptors (Lipinski definition) is 5. The third kappa shape index (κ3) is 4.93. The van der Waals surface area contributed by atoms with Crippen molar-refractivity contribution < 1.29 is 9.53 Å². The predicted octanol–water partition coefficient (Wildman–Crippen LogP) is 3.26. The van der Waals surface area contributed by atoms with Gasteiger partial charge >= 0.3 is 0 Å². The van der Waals surface area contributed by atoms with Crippen LogP contribution in [0.2, 0.25) is 5.02 Å². The monoisotopic (exact) mass is 376 g/mol.